The summed E-state index contributed by atoms with van der Waals surface area (Å²) in [7, 11) is 0. The molecule has 17 heavy (non-hydrogen) atoms. The Morgan fingerprint density at radius 2 is 2.00 bits per heavy atom. The number of aliphatic carboxylic acids is 1. The highest BCUT2D eigenvalue weighted by atomic mass is 19.2. The summed E-state index contributed by atoms with van der Waals surface area (Å²) in [6.45, 7) is 3.86. The Hall–Kier alpha value is -1.49. The Balaban J connectivity index is 2.74. The number of nitrogens with one attached hydrogen (secondary N) is 1. The third-order valence-electron chi connectivity index (χ3n) is 2.54. The third-order valence-corrected chi connectivity index (χ3v) is 2.54. The molecule has 0 radical (unpaired) electrons. The van der Waals surface area contributed by atoms with Crippen LogP contribution < -0.4 is 5.32 Å². The van der Waals surface area contributed by atoms with E-state index >= 15 is 0 Å². The van der Waals surface area contributed by atoms with Crippen LogP contribution in [0.1, 0.15) is 19.4 Å². The predicted octanol–water partition coefficient (Wildman–Crippen LogP) is 1.92. The van der Waals surface area contributed by atoms with E-state index in [2.05, 4.69) is 5.32 Å². The normalized spacial score (nSPS) is 11.5. The average Bonchev–Trinajstić information content (AvgIpc) is 2.21. The number of benzene rings is 1. The second-order valence-electron chi connectivity index (χ2n) is 4.51. The molecule has 0 saturated carbocycles. The summed E-state index contributed by atoms with van der Waals surface area (Å²) in [6.07, 6.45) is 0. The molecular formula is C12H15F2NO2. The van der Waals surface area contributed by atoms with Gasteiger partial charge in [0, 0.05) is 12.0 Å². The van der Waals surface area contributed by atoms with Gasteiger partial charge >= 0.3 is 5.97 Å². The molecule has 5 heteroatoms. The maximum atomic E-state index is 13.1. The molecule has 2 N–H and O–H groups in total. The van der Waals surface area contributed by atoms with Crippen LogP contribution in [0.2, 0.25) is 0 Å². The van der Waals surface area contributed by atoms with E-state index in [9.17, 15) is 13.6 Å². The molecule has 0 saturated heterocycles. The third kappa shape index (κ3) is 3.78. The second-order valence-corrected chi connectivity index (χ2v) is 4.51. The smallest absolute Gasteiger partial charge is 0.317 e. The van der Waals surface area contributed by atoms with Crippen LogP contribution in [0.3, 0.4) is 0 Å². The molecule has 0 spiro atoms. The molecule has 0 unspecified atom stereocenters. The van der Waals surface area contributed by atoms with Gasteiger partial charge in [-0.3, -0.25) is 4.79 Å². The fourth-order valence-corrected chi connectivity index (χ4v) is 1.50. The van der Waals surface area contributed by atoms with Crippen molar-refractivity contribution in [1.29, 1.82) is 0 Å². The molecule has 1 aromatic carbocycles. The first-order chi connectivity index (χ1) is 7.83. The number of carboxylic acid groups (broad SMARTS) is 1. The minimum Gasteiger partial charge on any atom is -0.480 e. The van der Waals surface area contributed by atoms with E-state index < -0.39 is 23.0 Å². The molecule has 0 aliphatic rings. The largest absolute Gasteiger partial charge is 0.480 e. The number of rotatable bonds is 5. The van der Waals surface area contributed by atoms with Crippen LogP contribution in [0, 0.1) is 11.6 Å². The van der Waals surface area contributed by atoms with E-state index in [1.165, 1.54) is 6.07 Å². The predicted molar refractivity (Wildman–Crippen MR) is 59.9 cm³/mol. The van der Waals surface area contributed by atoms with Crippen LogP contribution in [0.4, 0.5) is 8.78 Å². The lowest BCUT2D eigenvalue weighted by molar-refractivity contribution is -0.136. The van der Waals surface area contributed by atoms with Gasteiger partial charge in [0.1, 0.15) is 0 Å². The lowest BCUT2D eigenvalue weighted by Gasteiger charge is -2.25. The van der Waals surface area contributed by atoms with Crippen LogP contribution in [-0.2, 0) is 10.2 Å². The minimum atomic E-state index is -0.953. The van der Waals surface area contributed by atoms with E-state index in [0.717, 1.165) is 12.1 Å². The SMILES string of the molecule is CC(C)(CNCC(=O)O)c1ccc(F)c(F)c1. The highest BCUT2D eigenvalue weighted by molar-refractivity contribution is 5.69. The standard InChI is InChI=1S/C12H15F2NO2/c1-12(2,7-15-6-11(16)17)8-3-4-9(13)10(14)5-8/h3-5,15H,6-7H2,1-2H3,(H,16,17). The molecule has 0 bridgehead atoms. The molecule has 0 aliphatic heterocycles. The van der Waals surface area contributed by atoms with Gasteiger partial charge in [0.2, 0.25) is 0 Å². The van der Waals surface area contributed by atoms with Gasteiger partial charge in [-0.2, -0.15) is 0 Å². The Bertz CT molecular complexity index is 419. The van der Waals surface area contributed by atoms with Gasteiger partial charge in [-0.05, 0) is 17.7 Å². The quantitative estimate of drug-likeness (QED) is 0.830. The number of hydrogen-bond acceptors (Lipinski definition) is 2. The molecular weight excluding hydrogens is 228 g/mol. The summed E-state index contributed by atoms with van der Waals surface area (Å²) < 4.78 is 25.8. The summed E-state index contributed by atoms with van der Waals surface area (Å²) in [6, 6.07) is 3.71. The maximum Gasteiger partial charge on any atom is 0.317 e. The Labute approximate surface area is 98.5 Å². The molecule has 0 heterocycles. The lowest BCUT2D eigenvalue weighted by Crippen LogP contribution is -2.35. The molecule has 3 nitrogen and oxygen atoms in total. The van der Waals surface area contributed by atoms with Crippen LogP contribution in [0.25, 0.3) is 0 Å². The minimum absolute atomic E-state index is 0.160. The first-order valence-corrected chi connectivity index (χ1v) is 5.21. The highest BCUT2D eigenvalue weighted by Crippen LogP contribution is 2.23. The topological polar surface area (TPSA) is 49.3 Å². The van der Waals surface area contributed by atoms with Crippen molar-refractivity contribution in [1.82, 2.24) is 5.32 Å². The zero-order chi connectivity index (χ0) is 13.1. The van der Waals surface area contributed by atoms with Crippen molar-refractivity contribution in [2.24, 2.45) is 0 Å². The zero-order valence-corrected chi connectivity index (χ0v) is 9.76. The molecule has 0 atom stereocenters. The van der Waals surface area contributed by atoms with Crippen molar-refractivity contribution in [2.75, 3.05) is 13.1 Å². The van der Waals surface area contributed by atoms with Gasteiger partial charge in [0.15, 0.2) is 11.6 Å². The number of hydrogen-bond donors (Lipinski definition) is 2. The molecule has 0 aromatic heterocycles. The summed E-state index contributed by atoms with van der Waals surface area (Å²) >= 11 is 0. The van der Waals surface area contributed by atoms with Gasteiger partial charge in [-0.15, -0.1) is 0 Å². The van der Waals surface area contributed by atoms with Crippen LogP contribution in [0.15, 0.2) is 18.2 Å². The van der Waals surface area contributed by atoms with E-state index in [1.54, 1.807) is 0 Å². The first-order valence-electron chi connectivity index (χ1n) is 5.21. The zero-order valence-electron chi connectivity index (χ0n) is 9.76. The van der Waals surface area contributed by atoms with Gasteiger partial charge < -0.3 is 10.4 Å². The summed E-state index contributed by atoms with van der Waals surface area (Å²) in [5.74, 6) is -2.73. The fourth-order valence-electron chi connectivity index (χ4n) is 1.50. The molecule has 1 aromatic rings. The lowest BCUT2D eigenvalue weighted by atomic mass is 9.84. The maximum absolute atomic E-state index is 13.1. The average molecular weight is 243 g/mol. The summed E-state index contributed by atoms with van der Waals surface area (Å²) in [5, 5.41) is 11.2. The van der Waals surface area contributed by atoms with Gasteiger partial charge in [-0.25, -0.2) is 8.78 Å². The van der Waals surface area contributed by atoms with Crippen molar-refractivity contribution in [3.8, 4) is 0 Å². The Morgan fingerprint density at radius 3 is 2.53 bits per heavy atom. The fraction of sp³-hybridized carbons (Fsp3) is 0.417. The van der Waals surface area contributed by atoms with Crippen molar-refractivity contribution in [3.05, 3.63) is 35.4 Å². The highest BCUT2D eigenvalue weighted by Gasteiger charge is 2.21. The molecule has 0 amide bonds. The van der Waals surface area contributed by atoms with Crippen LogP contribution in [0.5, 0.6) is 0 Å². The molecule has 94 valence electrons. The Kier molecular flexibility index (Phi) is 4.17. The van der Waals surface area contributed by atoms with Gasteiger partial charge in [0.25, 0.3) is 0 Å². The van der Waals surface area contributed by atoms with E-state index in [1.807, 2.05) is 13.8 Å². The number of carboxylic acids is 1. The van der Waals surface area contributed by atoms with E-state index in [4.69, 9.17) is 5.11 Å². The molecule has 0 aliphatic carbocycles. The van der Waals surface area contributed by atoms with Gasteiger partial charge in [-0.1, -0.05) is 19.9 Å². The van der Waals surface area contributed by atoms with Gasteiger partial charge in [0.05, 0.1) is 6.54 Å². The molecule has 0 fully saturated rings. The Morgan fingerprint density at radius 1 is 1.35 bits per heavy atom. The summed E-state index contributed by atoms with van der Waals surface area (Å²) in [5.41, 5.74) is 0.151. The van der Waals surface area contributed by atoms with Crippen molar-refractivity contribution >= 4 is 5.97 Å². The van der Waals surface area contributed by atoms with Crippen LogP contribution >= 0.6 is 0 Å². The number of halogens is 2. The monoisotopic (exact) mass is 243 g/mol. The van der Waals surface area contributed by atoms with Crippen molar-refractivity contribution in [2.45, 2.75) is 19.3 Å². The van der Waals surface area contributed by atoms with Crippen LogP contribution in [-0.4, -0.2) is 24.2 Å². The molecule has 1 rings (SSSR count). The first kappa shape index (κ1) is 13.6. The number of carbonyl (C=O) groups is 1. The second kappa shape index (κ2) is 5.23. The summed E-state index contributed by atoms with van der Waals surface area (Å²) in [4.78, 5) is 10.3. The van der Waals surface area contributed by atoms with E-state index in [-0.39, 0.29) is 6.54 Å². The van der Waals surface area contributed by atoms with Crippen molar-refractivity contribution < 1.29 is 18.7 Å². The van der Waals surface area contributed by atoms with E-state index in [0.29, 0.717) is 12.1 Å². The van der Waals surface area contributed by atoms with Crippen molar-refractivity contribution in [3.63, 3.8) is 0 Å².